The average Bonchev–Trinajstić information content (AvgIpc) is 2.92. The summed E-state index contributed by atoms with van der Waals surface area (Å²) in [6.45, 7) is 0.804. The minimum absolute atomic E-state index is 0.0649. The Labute approximate surface area is 120 Å². The number of carbonyl (C=O) groups excluding carboxylic acids is 1. The summed E-state index contributed by atoms with van der Waals surface area (Å²) in [6.07, 6.45) is 4.74. The van der Waals surface area contributed by atoms with Gasteiger partial charge < -0.3 is 9.88 Å². The van der Waals surface area contributed by atoms with Crippen LogP contribution in [-0.4, -0.2) is 15.5 Å². The van der Waals surface area contributed by atoms with Gasteiger partial charge in [0, 0.05) is 31.3 Å². The van der Waals surface area contributed by atoms with E-state index in [1.165, 1.54) is 0 Å². The molecular formula is C15H15F2N3O. The maximum atomic E-state index is 13.5. The molecule has 1 N–H and O–H groups in total. The number of amides is 1. The number of carbonyl (C=O) groups is 1. The van der Waals surface area contributed by atoms with E-state index in [2.05, 4.69) is 10.3 Å². The van der Waals surface area contributed by atoms with Crippen molar-refractivity contribution in [1.29, 1.82) is 0 Å². The van der Waals surface area contributed by atoms with E-state index in [0.717, 1.165) is 49.8 Å². The normalized spacial score (nSPS) is 13.8. The number of rotatable bonds is 3. The van der Waals surface area contributed by atoms with Gasteiger partial charge in [-0.1, -0.05) is 0 Å². The molecule has 0 aliphatic carbocycles. The van der Waals surface area contributed by atoms with Crippen LogP contribution in [0.15, 0.2) is 24.4 Å². The fourth-order valence-corrected chi connectivity index (χ4v) is 2.47. The molecule has 21 heavy (non-hydrogen) atoms. The summed E-state index contributed by atoms with van der Waals surface area (Å²) in [6, 6.07) is 3.17. The number of fused-ring (bicyclic) bond motifs is 1. The van der Waals surface area contributed by atoms with Crippen molar-refractivity contribution in [2.45, 2.75) is 32.4 Å². The summed E-state index contributed by atoms with van der Waals surface area (Å²) >= 11 is 0. The maximum absolute atomic E-state index is 13.5. The molecular weight excluding hydrogens is 276 g/mol. The molecule has 1 amide bonds. The van der Waals surface area contributed by atoms with E-state index in [4.69, 9.17) is 0 Å². The minimum Gasteiger partial charge on any atom is -0.346 e. The van der Waals surface area contributed by atoms with Gasteiger partial charge in [-0.3, -0.25) is 4.79 Å². The number of nitrogens with one attached hydrogen (secondary N) is 1. The first-order chi connectivity index (χ1) is 10.1. The van der Waals surface area contributed by atoms with Gasteiger partial charge in [-0.2, -0.15) is 0 Å². The van der Waals surface area contributed by atoms with Gasteiger partial charge in [0.1, 0.15) is 23.2 Å². The molecule has 0 bridgehead atoms. The van der Waals surface area contributed by atoms with Crippen molar-refractivity contribution in [3.05, 3.63) is 53.1 Å². The number of halogens is 2. The predicted octanol–water partition coefficient (Wildman–Crippen LogP) is 2.43. The van der Waals surface area contributed by atoms with Crippen molar-refractivity contribution in [2.24, 2.45) is 0 Å². The van der Waals surface area contributed by atoms with Gasteiger partial charge in [0.2, 0.25) is 0 Å². The van der Waals surface area contributed by atoms with E-state index in [0.29, 0.717) is 5.69 Å². The van der Waals surface area contributed by atoms with Crippen LogP contribution in [0.2, 0.25) is 0 Å². The molecule has 3 rings (SSSR count). The smallest absolute Gasteiger partial charge is 0.271 e. The molecule has 1 aliphatic rings. The van der Waals surface area contributed by atoms with Crippen molar-refractivity contribution in [3.8, 4) is 0 Å². The van der Waals surface area contributed by atoms with Gasteiger partial charge >= 0.3 is 0 Å². The molecule has 1 aliphatic heterocycles. The van der Waals surface area contributed by atoms with Crippen LogP contribution in [0.3, 0.4) is 0 Å². The number of imidazole rings is 1. The van der Waals surface area contributed by atoms with Crippen LogP contribution < -0.4 is 5.32 Å². The first kappa shape index (κ1) is 13.7. The lowest BCUT2D eigenvalue weighted by Gasteiger charge is -2.11. The van der Waals surface area contributed by atoms with Crippen molar-refractivity contribution >= 4 is 5.91 Å². The Bertz CT molecular complexity index is 658. The molecule has 0 saturated carbocycles. The Kier molecular flexibility index (Phi) is 3.68. The first-order valence-corrected chi connectivity index (χ1v) is 6.91. The summed E-state index contributed by atoms with van der Waals surface area (Å²) in [5, 5.41) is 2.57. The molecule has 0 spiro atoms. The topological polar surface area (TPSA) is 46.9 Å². The highest BCUT2D eigenvalue weighted by molar-refractivity contribution is 5.92. The molecule has 1 aromatic heterocycles. The predicted molar refractivity (Wildman–Crippen MR) is 72.7 cm³/mol. The SMILES string of the molecule is O=C(NCc1cc(F)ccc1F)c1cn2c(n1)CCCC2. The van der Waals surface area contributed by atoms with Gasteiger partial charge in [-0.25, -0.2) is 13.8 Å². The third kappa shape index (κ3) is 2.94. The van der Waals surface area contributed by atoms with Crippen molar-refractivity contribution < 1.29 is 13.6 Å². The third-order valence-electron chi connectivity index (χ3n) is 3.59. The number of nitrogens with zero attached hydrogens (tertiary/aromatic N) is 2. The van der Waals surface area contributed by atoms with Crippen LogP contribution in [-0.2, 0) is 19.5 Å². The lowest BCUT2D eigenvalue weighted by Crippen LogP contribution is -2.23. The van der Waals surface area contributed by atoms with E-state index in [1.54, 1.807) is 6.20 Å². The Morgan fingerprint density at radius 1 is 1.33 bits per heavy atom. The summed E-state index contributed by atoms with van der Waals surface area (Å²) in [5.74, 6) is -0.539. The fourth-order valence-electron chi connectivity index (χ4n) is 2.47. The summed E-state index contributed by atoms with van der Waals surface area (Å²) in [5.41, 5.74) is 0.441. The largest absolute Gasteiger partial charge is 0.346 e. The highest BCUT2D eigenvalue weighted by Crippen LogP contribution is 2.15. The molecule has 0 saturated heterocycles. The number of hydrogen-bond acceptors (Lipinski definition) is 2. The monoisotopic (exact) mass is 291 g/mol. The second kappa shape index (κ2) is 5.63. The van der Waals surface area contributed by atoms with Gasteiger partial charge in [0.05, 0.1) is 0 Å². The van der Waals surface area contributed by atoms with Gasteiger partial charge in [-0.15, -0.1) is 0 Å². The fraction of sp³-hybridized carbons (Fsp3) is 0.333. The van der Waals surface area contributed by atoms with E-state index >= 15 is 0 Å². The highest BCUT2D eigenvalue weighted by Gasteiger charge is 2.16. The molecule has 0 fully saturated rings. The summed E-state index contributed by atoms with van der Waals surface area (Å²) in [4.78, 5) is 16.3. The van der Waals surface area contributed by atoms with Crippen molar-refractivity contribution in [3.63, 3.8) is 0 Å². The molecule has 0 atom stereocenters. The molecule has 1 aromatic carbocycles. The van der Waals surface area contributed by atoms with Crippen molar-refractivity contribution in [2.75, 3.05) is 0 Å². The molecule has 110 valence electrons. The number of benzene rings is 1. The van der Waals surface area contributed by atoms with Crippen molar-refractivity contribution in [1.82, 2.24) is 14.9 Å². The zero-order chi connectivity index (χ0) is 14.8. The number of aryl methyl sites for hydroxylation is 2. The molecule has 4 nitrogen and oxygen atoms in total. The lowest BCUT2D eigenvalue weighted by molar-refractivity contribution is 0.0946. The average molecular weight is 291 g/mol. The van der Waals surface area contributed by atoms with Gasteiger partial charge in [0.15, 0.2) is 0 Å². The maximum Gasteiger partial charge on any atom is 0.271 e. The minimum atomic E-state index is -0.541. The van der Waals surface area contributed by atoms with E-state index < -0.39 is 11.6 Å². The second-order valence-corrected chi connectivity index (χ2v) is 5.11. The Balaban J connectivity index is 1.69. The summed E-state index contributed by atoms with van der Waals surface area (Å²) < 4.78 is 28.5. The third-order valence-corrected chi connectivity index (χ3v) is 3.59. The molecule has 0 unspecified atom stereocenters. The Hall–Kier alpha value is -2.24. The van der Waals surface area contributed by atoms with Gasteiger partial charge in [-0.05, 0) is 31.0 Å². The zero-order valence-corrected chi connectivity index (χ0v) is 11.4. The van der Waals surface area contributed by atoms with Gasteiger partial charge in [0.25, 0.3) is 5.91 Å². The quantitative estimate of drug-likeness (QED) is 0.944. The zero-order valence-electron chi connectivity index (χ0n) is 11.4. The van der Waals surface area contributed by atoms with Crippen LogP contribution in [0, 0.1) is 11.6 Å². The highest BCUT2D eigenvalue weighted by atomic mass is 19.1. The molecule has 2 aromatic rings. The Morgan fingerprint density at radius 3 is 3.00 bits per heavy atom. The standard InChI is InChI=1S/C15H15F2N3O/c16-11-4-5-12(17)10(7-11)8-18-15(21)13-9-20-6-2-1-3-14(20)19-13/h4-5,7,9H,1-3,6,8H2,(H,18,21). The lowest BCUT2D eigenvalue weighted by atomic mass is 10.2. The van der Waals surface area contributed by atoms with E-state index in [9.17, 15) is 13.6 Å². The number of aromatic nitrogens is 2. The number of hydrogen-bond donors (Lipinski definition) is 1. The molecule has 0 radical (unpaired) electrons. The van der Waals surface area contributed by atoms with E-state index in [-0.39, 0.29) is 18.0 Å². The van der Waals surface area contributed by atoms with E-state index in [1.807, 2.05) is 4.57 Å². The first-order valence-electron chi connectivity index (χ1n) is 6.91. The van der Waals surface area contributed by atoms with Crippen LogP contribution in [0.25, 0.3) is 0 Å². The van der Waals surface area contributed by atoms with Crippen LogP contribution in [0.1, 0.15) is 34.7 Å². The van der Waals surface area contributed by atoms with Crippen LogP contribution >= 0.6 is 0 Å². The molecule has 6 heteroatoms. The Morgan fingerprint density at radius 2 is 2.19 bits per heavy atom. The van der Waals surface area contributed by atoms with Crippen LogP contribution in [0.4, 0.5) is 8.78 Å². The van der Waals surface area contributed by atoms with Crippen LogP contribution in [0.5, 0.6) is 0 Å². The second-order valence-electron chi connectivity index (χ2n) is 5.11. The molecule has 2 heterocycles. The summed E-state index contributed by atoms with van der Waals surface area (Å²) in [7, 11) is 0.